The van der Waals surface area contributed by atoms with Crippen molar-refractivity contribution in [2.75, 3.05) is 7.11 Å². The molecule has 3 nitrogen and oxygen atoms in total. The fourth-order valence-electron chi connectivity index (χ4n) is 0.826. The van der Waals surface area contributed by atoms with E-state index in [1.165, 1.54) is 7.11 Å². The molecule has 0 aliphatic rings. The van der Waals surface area contributed by atoms with Gasteiger partial charge in [-0.3, -0.25) is 0 Å². The number of ether oxygens (including phenoxy) is 1. The van der Waals surface area contributed by atoms with E-state index < -0.39 is 0 Å². The molecule has 1 rings (SSSR count). The van der Waals surface area contributed by atoms with Crippen LogP contribution >= 0.6 is 11.6 Å². The molecule has 0 bridgehead atoms. The van der Waals surface area contributed by atoms with Gasteiger partial charge in [-0.2, -0.15) is 5.26 Å². The lowest BCUT2D eigenvalue weighted by atomic mass is 10.2. The number of methoxy groups -OCH3 is 1. The highest BCUT2D eigenvalue weighted by Crippen LogP contribution is 2.29. The molecule has 12 heavy (non-hydrogen) atoms. The number of hydrogen-bond donors (Lipinski definition) is 0. The summed E-state index contributed by atoms with van der Waals surface area (Å²) in [6, 6.07) is 1.89. The molecule has 1 aromatic heterocycles. The molecule has 0 aliphatic carbocycles. The highest BCUT2D eigenvalue weighted by atomic mass is 35.5. The predicted octanol–water partition coefficient (Wildman–Crippen LogP) is 1.92. The van der Waals surface area contributed by atoms with Gasteiger partial charge in [0.25, 0.3) is 0 Å². The fourth-order valence-corrected chi connectivity index (χ4v) is 1.04. The lowest BCUT2D eigenvalue weighted by Crippen LogP contribution is -1.94. The van der Waals surface area contributed by atoms with E-state index in [2.05, 4.69) is 4.98 Å². The molecule has 0 spiro atoms. The molecule has 1 aromatic rings. The standard InChI is InChI=1S/C8H7ClN2O/c1-5-4-11-6(3-10)8(12-2)7(5)9/h4H,1-2H3. The minimum Gasteiger partial charge on any atom is -0.492 e. The lowest BCUT2D eigenvalue weighted by Gasteiger charge is -2.05. The monoisotopic (exact) mass is 182 g/mol. The Kier molecular flexibility index (Phi) is 2.51. The van der Waals surface area contributed by atoms with Crippen molar-refractivity contribution in [1.29, 1.82) is 5.26 Å². The molecule has 0 atom stereocenters. The zero-order valence-corrected chi connectivity index (χ0v) is 7.51. The maximum Gasteiger partial charge on any atom is 0.184 e. The van der Waals surface area contributed by atoms with Gasteiger partial charge in [0.15, 0.2) is 11.4 Å². The highest BCUT2D eigenvalue weighted by Gasteiger charge is 2.10. The Morgan fingerprint density at radius 1 is 1.67 bits per heavy atom. The van der Waals surface area contributed by atoms with Crippen molar-refractivity contribution >= 4 is 11.6 Å². The number of pyridine rings is 1. The van der Waals surface area contributed by atoms with E-state index in [1.807, 2.05) is 6.07 Å². The van der Waals surface area contributed by atoms with Crippen molar-refractivity contribution in [2.24, 2.45) is 0 Å². The zero-order valence-electron chi connectivity index (χ0n) is 6.76. The topological polar surface area (TPSA) is 45.9 Å². The average Bonchev–Trinajstić information content (AvgIpc) is 2.09. The molecule has 0 aliphatic heterocycles. The van der Waals surface area contributed by atoms with E-state index in [1.54, 1.807) is 13.1 Å². The normalized spacial score (nSPS) is 9.17. The molecular weight excluding hydrogens is 176 g/mol. The second-order valence-corrected chi connectivity index (χ2v) is 2.63. The average molecular weight is 183 g/mol. The van der Waals surface area contributed by atoms with Crippen molar-refractivity contribution in [1.82, 2.24) is 4.98 Å². The van der Waals surface area contributed by atoms with Gasteiger partial charge < -0.3 is 4.74 Å². The number of halogens is 1. The first-order chi connectivity index (χ1) is 5.70. The van der Waals surface area contributed by atoms with E-state index in [9.17, 15) is 0 Å². The summed E-state index contributed by atoms with van der Waals surface area (Å²) >= 11 is 5.86. The minimum atomic E-state index is 0.216. The summed E-state index contributed by atoms with van der Waals surface area (Å²) in [5, 5.41) is 9.06. The summed E-state index contributed by atoms with van der Waals surface area (Å²) in [6.07, 6.45) is 1.55. The van der Waals surface area contributed by atoms with E-state index in [4.69, 9.17) is 21.6 Å². The molecule has 1 heterocycles. The molecule has 0 unspecified atom stereocenters. The summed E-state index contributed by atoms with van der Waals surface area (Å²) in [7, 11) is 1.46. The van der Waals surface area contributed by atoms with Crippen molar-refractivity contribution in [3.05, 3.63) is 22.5 Å². The molecule has 0 saturated carbocycles. The molecule has 0 radical (unpaired) electrons. The lowest BCUT2D eigenvalue weighted by molar-refractivity contribution is 0.411. The third kappa shape index (κ3) is 1.34. The SMILES string of the molecule is COc1c(C#N)ncc(C)c1Cl. The van der Waals surface area contributed by atoms with Gasteiger partial charge in [-0.25, -0.2) is 4.98 Å². The Labute approximate surface area is 75.6 Å². The van der Waals surface area contributed by atoms with Crippen LogP contribution in [0.5, 0.6) is 5.75 Å². The number of aryl methyl sites for hydroxylation is 1. The van der Waals surface area contributed by atoms with Gasteiger partial charge in [0.2, 0.25) is 0 Å². The van der Waals surface area contributed by atoms with Gasteiger partial charge >= 0.3 is 0 Å². The van der Waals surface area contributed by atoms with Crippen molar-refractivity contribution < 1.29 is 4.74 Å². The van der Waals surface area contributed by atoms with E-state index in [-0.39, 0.29) is 5.69 Å². The second kappa shape index (κ2) is 3.42. The van der Waals surface area contributed by atoms with Crippen molar-refractivity contribution in [2.45, 2.75) is 6.92 Å². The van der Waals surface area contributed by atoms with Crippen molar-refractivity contribution in [3.8, 4) is 11.8 Å². The van der Waals surface area contributed by atoms with Gasteiger partial charge in [-0.15, -0.1) is 0 Å². The number of hydrogen-bond acceptors (Lipinski definition) is 3. The van der Waals surface area contributed by atoms with Crippen LogP contribution in [0.2, 0.25) is 5.02 Å². The number of rotatable bonds is 1. The van der Waals surface area contributed by atoms with Crippen LogP contribution in [0.15, 0.2) is 6.20 Å². The first-order valence-corrected chi connectivity index (χ1v) is 3.67. The summed E-state index contributed by atoms with van der Waals surface area (Å²) in [5.74, 6) is 0.346. The predicted molar refractivity (Wildman–Crippen MR) is 45.3 cm³/mol. The van der Waals surface area contributed by atoms with E-state index in [0.717, 1.165) is 5.56 Å². The van der Waals surface area contributed by atoms with Gasteiger partial charge in [0.05, 0.1) is 12.1 Å². The van der Waals surface area contributed by atoms with Crippen LogP contribution in [0.4, 0.5) is 0 Å². The maximum absolute atomic E-state index is 8.61. The Balaban J connectivity index is 3.38. The molecule has 62 valence electrons. The van der Waals surface area contributed by atoms with Crippen LogP contribution in [-0.2, 0) is 0 Å². The third-order valence-electron chi connectivity index (χ3n) is 1.46. The summed E-state index contributed by atoms with van der Waals surface area (Å²) < 4.78 is 4.93. The summed E-state index contributed by atoms with van der Waals surface area (Å²) in [6.45, 7) is 1.80. The van der Waals surface area contributed by atoms with Crippen LogP contribution in [0.1, 0.15) is 11.3 Å². The quantitative estimate of drug-likeness (QED) is 0.667. The Hall–Kier alpha value is -1.27. The van der Waals surface area contributed by atoms with Gasteiger partial charge in [-0.1, -0.05) is 11.6 Å². The Morgan fingerprint density at radius 3 is 2.83 bits per heavy atom. The number of aromatic nitrogens is 1. The highest BCUT2D eigenvalue weighted by molar-refractivity contribution is 6.32. The molecule has 0 N–H and O–H groups in total. The molecule has 0 amide bonds. The van der Waals surface area contributed by atoms with Gasteiger partial charge in [0.1, 0.15) is 6.07 Å². The van der Waals surface area contributed by atoms with Crippen LogP contribution < -0.4 is 4.74 Å². The molecule has 0 saturated heterocycles. The zero-order chi connectivity index (χ0) is 9.14. The minimum absolute atomic E-state index is 0.216. The number of nitrogens with zero attached hydrogens (tertiary/aromatic N) is 2. The second-order valence-electron chi connectivity index (χ2n) is 2.25. The molecule has 4 heteroatoms. The van der Waals surface area contributed by atoms with Crippen LogP contribution in [0.3, 0.4) is 0 Å². The van der Waals surface area contributed by atoms with Crippen LogP contribution in [0, 0.1) is 18.3 Å². The maximum atomic E-state index is 8.61. The first-order valence-electron chi connectivity index (χ1n) is 3.30. The van der Waals surface area contributed by atoms with E-state index >= 15 is 0 Å². The first kappa shape index (κ1) is 8.82. The summed E-state index contributed by atoms with van der Waals surface area (Å²) in [4.78, 5) is 3.86. The smallest absolute Gasteiger partial charge is 0.184 e. The van der Waals surface area contributed by atoms with Crippen LogP contribution in [-0.4, -0.2) is 12.1 Å². The number of nitriles is 1. The van der Waals surface area contributed by atoms with Gasteiger partial charge in [0, 0.05) is 6.20 Å². The molecule has 0 aromatic carbocycles. The largest absolute Gasteiger partial charge is 0.492 e. The third-order valence-corrected chi connectivity index (χ3v) is 1.93. The fraction of sp³-hybridized carbons (Fsp3) is 0.250. The summed E-state index contributed by atoms with van der Waals surface area (Å²) in [5.41, 5.74) is 1.01. The molecular formula is C8H7ClN2O. The van der Waals surface area contributed by atoms with Crippen molar-refractivity contribution in [3.63, 3.8) is 0 Å². The van der Waals surface area contributed by atoms with Gasteiger partial charge in [-0.05, 0) is 12.5 Å². The Bertz CT molecular complexity index is 344. The van der Waals surface area contributed by atoms with E-state index in [0.29, 0.717) is 10.8 Å². The van der Waals surface area contributed by atoms with Crippen LogP contribution in [0.25, 0.3) is 0 Å². The molecule has 0 fully saturated rings. The Morgan fingerprint density at radius 2 is 2.33 bits per heavy atom.